The van der Waals surface area contributed by atoms with E-state index in [4.69, 9.17) is 20.2 Å². The Bertz CT molecular complexity index is 1700. The number of ketones is 1. The van der Waals surface area contributed by atoms with Crippen LogP contribution in [0.3, 0.4) is 0 Å². The lowest BCUT2D eigenvalue weighted by atomic mass is 9.81. The lowest BCUT2D eigenvalue weighted by Gasteiger charge is -2.26. The molecule has 0 radical (unpaired) electrons. The van der Waals surface area contributed by atoms with Gasteiger partial charge in [-0.3, -0.25) is 14.6 Å². The molecule has 2 aromatic carbocycles. The van der Waals surface area contributed by atoms with Crippen LogP contribution >= 0.6 is 0 Å². The molecule has 0 bridgehead atoms. The third-order valence-electron chi connectivity index (χ3n) is 8.19. The normalized spacial score (nSPS) is 18.8. The third kappa shape index (κ3) is 5.60. The van der Waals surface area contributed by atoms with Gasteiger partial charge in [0.1, 0.15) is 40.6 Å². The summed E-state index contributed by atoms with van der Waals surface area (Å²) < 4.78 is 25.7. The maximum absolute atomic E-state index is 13.7. The molecule has 1 aliphatic heterocycles. The van der Waals surface area contributed by atoms with Crippen molar-refractivity contribution in [3.8, 4) is 34.0 Å². The zero-order valence-corrected chi connectivity index (χ0v) is 24.0. The van der Waals surface area contributed by atoms with E-state index in [1.807, 2.05) is 24.3 Å². The summed E-state index contributed by atoms with van der Waals surface area (Å²) in [5, 5.41) is 11.6. The van der Waals surface area contributed by atoms with Crippen LogP contribution in [0.15, 0.2) is 72.9 Å². The molecule has 4 aromatic rings. The van der Waals surface area contributed by atoms with Gasteiger partial charge >= 0.3 is 0 Å². The number of aliphatic hydroxyl groups is 1. The van der Waals surface area contributed by atoms with Gasteiger partial charge in [0.25, 0.3) is 0 Å². The zero-order chi connectivity index (χ0) is 30.4. The van der Waals surface area contributed by atoms with E-state index in [1.165, 1.54) is 12.1 Å². The van der Waals surface area contributed by atoms with E-state index >= 15 is 0 Å². The summed E-state index contributed by atoms with van der Waals surface area (Å²) in [4.78, 5) is 35.0. The molecule has 0 unspecified atom stereocenters. The Labute approximate surface area is 248 Å². The van der Waals surface area contributed by atoms with Gasteiger partial charge in [0, 0.05) is 34.9 Å². The number of aromatic nitrogens is 2. The van der Waals surface area contributed by atoms with Crippen LogP contribution < -0.4 is 15.2 Å². The molecule has 8 nitrogen and oxygen atoms in total. The third-order valence-corrected chi connectivity index (χ3v) is 8.19. The van der Waals surface area contributed by atoms with Crippen molar-refractivity contribution < 1.29 is 28.6 Å². The highest BCUT2D eigenvalue weighted by Gasteiger charge is 2.45. The number of Topliss-reactive ketones (excluding diaryl/α,β-unsaturated/α-hetero) is 1. The highest BCUT2D eigenvalue weighted by Crippen LogP contribution is 2.46. The standard InChI is InChI=1S/C34H32FN3O5/c1-33(32(36)40)19-42-31-25(33)18-29(38-30(31)20-6-9-22(35)10-7-20)34(2,41)15-14-27(39)21-8-13-24(26-5-3-4-16-37-26)28(17-21)43-23-11-12-23/h3-10,13,16-18,23,41H,11-12,14-15,19H2,1-2H3,(H2,36,40)/t33-,34-/m0/s1. The molecule has 1 fully saturated rings. The van der Waals surface area contributed by atoms with Gasteiger partial charge < -0.3 is 20.3 Å². The lowest BCUT2D eigenvalue weighted by Crippen LogP contribution is -2.40. The average Bonchev–Trinajstić information content (AvgIpc) is 3.76. The Hall–Kier alpha value is -4.63. The van der Waals surface area contributed by atoms with Gasteiger partial charge in [-0.1, -0.05) is 12.1 Å². The number of hydrogen-bond acceptors (Lipinski definition) is 7. The van der Waals surface area contributed by atoms with E-state index in [1.54, 1.807) is 50.4 Å². The van der Waals surface area contributed by atoms with Gasteiger partial charge in [0.05, 0.1) is 17.5 Å². The lowest BCUT2D eigenvalue weighted by molar-refractivity contribution is -0.123. The fraction of sp³-hybridized carbons (Fsp3) is 0.294. The number of nitrogens with zero attached hydrogens (tertiary/aromatic N) is 2. The summed E-state index contributed by atoms with van der Waals surface area (Å²) in [6.07, 6.45) is 3.85. The molecule has 2 atom stereocenters. The Balaban J connectivity index is 1.29. The van der Waals surface area contributed by atoms with Gasteiger partial charge in [-0.2, -0.15) is 0 Å². The molecule has 2 aliphatic rings. The summed E-state index contributed by atoms with van der Waals surface area (Å²) in [6, 6.07) is 18.3. The van der Waals surface area contributed by atoms with Crippen molar-refractivity contribution in [3.05, 3.63) is 95.6 Å². The van der Waals surface area contributed by atoms with Crippen molar-refractivity contribution in [2.75, 3.05) is 6.61 Å². The zero-order valence-electron chi connectivity index (χ0n) is 24.0. The second-order valence-corrected chi connectivity index (χ2v) is 11.7. The van der Waals surface area contributed by atoms with Gasteiger partial charge in [0.15, 0.2) is 5.78 Å². The number of amides is 1. The quantitative estimate of drug-likeness (QED) is 0.237. The number of nitrogens with two attached hydrogens (primary N) is 1. The summed E-state index contributed by atoms with van der Waals surface area (Å²) in [6.45, 7) is 3.26. The molecule has 1 aliphatic carbocycles. The van der Waals surface area contributed by atoms with Crippen LogP contribution in [0.5, 0.6) is 11.5 Å². The number of pyridine rings is 2. The highest BCUT2D eigenvalue weighted by molar-refractivity contribution is 5.97. The number of benzene rings is 2. The fourth-order valence-electron chi connectivity index (χ4n) is 5.19. The van der Waals surface area contributed by atoms with Gasteiger partial charge in [-0.15, -0.1) is 0 Å². The van der Waals surface area contributed by atoms with Crippen molar-refractivity contribution in [2.24, 2.45) is 5.73 Å². The van der Waals surface area contributed by atoms with E-state index in [9.17, 15) is 19.1 Å². The number of rotatable bonds is 10. The minimum absolute atomic E-state index is 0.0113. The topological polar surface area (TPSA) is 125 Å². The SMILES string of the molecule is C[C@](O)(CCC(=O)c1ccc(-c2ccccn2)c(OC2CC2)c1)c1cc2c(c(-c3ccc(F)cc3)n1)OC[C@]2(C)C(N)=O. The second kappa shape index (κ2) is 10.9. The van der Waals surface area contributed by atoms with E-state index < -0.39 is 22.7 Å². The number of ether oxygens (including phenoxy) is 2. The van der Waals surface area contributed by atoms with Crippen molar-refractivity contribution in [3.63, 3.8) is 0 Å². The predicted molar refractivity (Wildman–Crippen MR) is 158 cm³/mol. The molecule has 0 spiro atoms. The number of carbonyl (C=O) groups is 2. The van der Waals surface area contributed by atoms with Gasteiger partial charge in [0.2, 0.25) is 5.91 Å². The number of halogens is 1. The number of fused-ring (bicyclic) bond motifs is 1. The molecule has 3 N–H and O–H groups in total. The second-order valence-electron chi connectivity index (χ2n) is 11.7. The van der Waals surface area contributed by atoms with Crippen LogP contribution in [0.1, 0.15) is 61.1 Å². The van der Waals surface area contributed by atoms with Crippen LogP contribution in [0.4, 0.5) is 4.39 Å². The maximum Gasteiger partial charge on any atom is 0.231 e. The average molecular weight is 582 g/mol. The smallest absolute Gasteiger partial charge is 0.231 e. The summed E-state index contributed by atoms with van der Waals surface area (Å²) in [5.41, 5.74) is 6.74. The minimum Gasteiger partial charge on any atom is -0.490 e. The van der Waals surface area contributed by atoms with Crippen LogP contribution in [0.25, 0.3) is 22.5 Å². The molecular weight excluding hydrogens is 549 g/mol. The van der Waals surface area contributed by atoms with Gasteiger partial charge in [-0.25, -0.2) is 9.37 Å². The molecule has 1 saturated carbocycles. The van der Waals surface area contributed by atoms with Crippen LogP contribution in [0, 0.1) is 5.82 Å². The Morgan fingerprint density at radius 1 is 1.14 bits per heavy atom. The minimum atomic E-state index is -1.55. The van der Waals surface area contributed by atoms with E-state index in [-0.39, 0.29) is 37.0 Å². The first kappa shape index (κ1) is 28.5. The molecule has 220 valence electrons. The predicted octanol–water partition coefficient (Wildman–Crippen LogP) is 5.50. The van der Waals surface area contributed by atoms with Crippen molar-refractivity contribution >= 4 is 11.7 Å². The Morgan fingerprint density at radius 2 is 1.91 bits per heavy atom. The first-order chi connectivity index (χ1) is 20.5. The van der Waals surface area contributed by atoms with Crippen LogP contribution in [-0.2, 0) is 15.8 Å². The molecule has 43 heavy (non-hydrogen) atoms. The summed E-state index contributed by atoms with van der Waals surface area (Å²) >= 11 is 0. The van der Waals surface area contributed by atoms with Gasteiger partial charge in [-0.05, 0) is 87.7 Å². The molecule has 3 heterocycles. The monoisotopic (exact) mass is 581 g/mol. The maximum atomic E-state index is 13.7. The molecule has 0 saturated heterocycles. The van der Waals surface area contributed by atoms with Crippen LogP contribution in [0.2, 0.25) is 0 Å². The summed E-state index contributed by atoms with van der Waals surface area (Å²) in [5.74, 6) is -0.197. The first-order valence-electron chi connectivity index (χ1n) is 14.3. The van der Waals surface area contributed by atoms with E-state index in [0.29, 0.717) is 33.9 Å². The van der Waals surface area contributed by atoms with Crippen molar-refractivity contribution in [1.82, 2.24) is 9.97 Å². The van der Waals surface area contributed by atoms with Crippen LogP contribution in [-0.4, -0.2) is 39.5 Å². The molecule has 2 aromatic heterocycles. The van der Waals surface area contributed by atoms with Crippen molar-refractivity contribution in [1.29, 1.82) is 0 Å². The largest absolute Gasteiger partial charge is 0.490 e. The molecule has 6 rings (SSSR count). The molecule has 9 heteroatoms. The summed E-state index contributed by atoms with van der Waals surface area (Å²) in [7, 11) is 0. The van der Waals surface area contributed by atoms with Crippen molar-refractivity contribution in [2.45, 2.75) is 56.7 Å². The number of primary amides is 1. The van der Waals surface area contributed by atoms with E-state index in [2.05, 4.69) is 4.98 Å². The Morgan fingerprint density at radius 3 is 2.58 bits per heavy atom. The Kier molecular flexibility index (Phi) is 7.22. The number of carbonyl (C=O) groups excluding carboxylic acids is 2. The number of hydrogen-bond donors (Lipinski definition) is 2. The highest BCUT2D eigenvalue weighted by atomic mass is 19.1. The molecule has 1 amide bonds. The first-order valence-corrected chi connectivity index (χ1v) is 14.3. The fourth-order valence-corrected chi connectivity index (χ4v) is 5.19. The molecular formula is C34H32FN3O5. The van der Waals surface area contributed by atoms with E-state index in [0.717, 1.165) is 24.1 Å².